The Morgan fingerprint density at radius 2 is 2.12 bits per heavy atom. The van der Waals surface area contributed by atoms with Gasteiger partial charge in [0.2, 0.25) is 5.91 Å². The first-order valence-electron chi connectivity index (χ1n) is 6.02. The van der Waals surface area contributed by atoms with Gasteiger partial charge in [-0.25, -0.2) is 0 Å². The fourth-order valence-electron chi connectivity index (χ4n) is 1.61. The van der Waals surface area contributed by atoms with Crippen molar-refractivity contribution in [2.45, 2.75) is 32.4 Å². The molecule has 0 radical (unpaired) electrons. The fraction of sp³-hybridized carbons (Fsp3) is 0.500. The van der Waals surface area contributed by atoms with E-state index in [2.05, 4.69) is 43.1 Å². The van der Waals surface area contributed by atoms with Crippen LogP contribution >= 0.6 is 12.6 Å². The molecule has 3 heteroatoms. The van der Waals surface area contributed by atoms with Crippen LogP contribution in [0.4, 0.5) is 0 Å². The summed E-state index contributed by atoms with van der Waals surface area (Å²) < 4.78 is 0. The molecule has 0 saturated heterocycles. The van der Waals surface area contributed by atoms with Gasteiger partial charge in [-0.05, 0) is 24.8 Å². The third-order valence-corrected chi connectivity index (χ3v) is 3.53. The lowest BCUT2D eigenvalue weighted by Gasteiger charge is -2.14. The van der Waals surface area contributed by atoms with Gasteiger partial charge in [0.1, 0.15) is 0 Å². The molecule has 1 aromatic carbocycles. The van der Waals surface area contributed by atoms with Gasteiger partial charge in [-0.15, -0.1) is 0 Å². The quantitative estimate of drug-likeness (QED) is 0.774. The van der Waals surface area contributed by atoms with E-state index in [4.69, 9.17) is 0 Å². The summed E-state index contributed by atoms with van der Waals surface area (Å²) >= 11 is 4.28. The molecule has 0 aliphatic heterocycles. The average molecular weight is 251 g/mol. The van der Waals surface area contributed by atoms with Crippen LogP contribution in [0.15, 0.2) is 24.3 Å². The van der Waals surface area contributed by atoms with Gasteiger partial charge in [-0.3, -0.25) is 4.79 Å². The minimum absolute atomic E-state index is 0.0241. The van der Waals surface area contributed by atoms with Gasteiger partial charge in [0.05, 0.1) is 5.25 Å². The van der Waals surface area contributed by atoms with Crippen molar-refractivity contribution < 1.29 is 4.79 Å². The third kappa shape index (κ3) is 4.82. The molecule has 1 atom stereocenters. The molecular formula is C14H21NOS. The van der Waals surface area contributed by atoms with E-state index < -0.39 is 0 Å². The van der Waals surface area contributed by atoms with E-state index in [0.717, 1.165) is 6.42 Å². The second-order valence-corrected chi connectivity index (χ2v) is 5.28. The number of nitrogens with one attached hydrogen (secondary N) is 1. The molecule has 0 spiro atoms. The van der Waals surface area contributed by atoms with Gasteiger partial charge < -0.3 is 5.32 Å². The zero-order valence-electron chi connectivity index (χ0n) is 10.7. The first-order valence-corrected chi connectivity index (χ1v) is 6.53. The molecule has 0 saturated carbocycles. The highest BCUT2D eigenvalue weighted by Crippen LogP contribution is 2.08. The van der Waals surface area contributed by atoms with Gasteiger partial charge in [0, 0.05) is 6.54 Å². The Labute approximate surface area is 109 Å². The molecule has 0 aliphatic rings. The molecule has 1 rings (SSSR count). The maximum atomic E-state index is 11.7. The lowest BCUT2D eigenvalue weighted by Crippen LogP contribution is -2.35. The lowest BCUT2D eigenvalue weighted by atomic mass is 10.1. The third-order valence-electron chi connectivity index (χ3n) is 2.70. The summed E-state index contributed by atoms with van der Waals surface area (Å²) in [6.07, 6.45) is 0.867. The number of aryl methyl sites for hydroxylation is 1. The van der Waals surface area contributed by atoms with E-state index in [1.807, 2.05) is 19.9 Å². The molecule has 1 unspecified atom stereocenters. The Balaban J connectivity index is 2.35. The smallest absolute Gasteiger partial charge is 0.233 e. The van der Waals surface area contributed by atoms with Gasteiger partial charge in [-0.1, -0.05) is 43.7 Å². The topological polar surface area (TPSA) is 29.1 Å². The number of carbonyl (C=O) groups is 1. The summed E-state index contributed by atoms with van der Waals surface area (Å²) in [5.41, 5.74) is 2.51. The molecule has 0 bridgehead atoms. The summed E-state index contributed by atoms with van der Waals surface area (Å²) in [6.45, 7) is 6.74. The van der Waals surface area contributed by atoms with Crippen LogP contribution in [-0.4, -0.2) is 17.7 Å². The molecule has 94 valence electrons. The van der Waals surface area contributed by atoms with Crippen molar-refractivity contribution in [2.24, 2.45) is 5.92 Å². The normalized spacial score (nSPS) is 12.5. The van der Waals surface area contributed by atoms with Crippen molar-refractivity contribution in [1.82, 2.24) is 5.32 Å². The van der Waals surface area contributed by atoms with E-state index in [0.29, 0.717) is 6.54 Å². The largest absolute Gasteiger partial charge is 0.355 e. The minimum Gasteiger partial charge on any atom is -0.355 e. The zero-order valence-corrected chi connectivity index (χ0v) is 11.6. The molecule has 0 aliphatic carbocycles. The Morgan fingerprint density at radius 1 is 1.41 bits per heavy atom. The number of thiol groups is 1. The van der Waals surface area contributed by atoms with Crippen LogP contribution in [0.1, 0.15) is 25.0 Å². The Kier molecular flexibility index (Phi) is 5.56. The summed E-state index contributed by atoms with van der Waals surface area (Å²) in [5, 5.41) is 2.70. The van der Waals surface area contributed by atoms with E-state index >= 15 is 0 Å². The summed E-state index contributed by atoms with van der Waals surface area (Å²) in [7, 11) is 0. The van der Waals surface area contributed by atoms with Crippen LogP contribution in [0.5, 0.6) is 0 Å². The monoisotopic (exact) mass is 251 g/mol. The van der Waals surface area contributed by atoms with Crippen LogP contribution in [0, 0.1) is 12.8 Å². The second-order valence-electron chi connectivity index (χ2n) is 4.72. The van der Waals surface area contributed by atoms with Crippen LogP contribution in [0.2, 0.25) is 0 Å². The van der Waals surface area contributed by atoms with Crippen LogP contribution in [0.3, 0.4) is 0 Å². The van der Waals surface area contributed by atoms with Crippen LogP contribution in [-0.2, 0) is 11.2 Å². The fourth-order valence-corrected chi connectivity index (χ4v) is 1.70. The van der Waals surface area contributed by atoms with Gasteiger partial charge in [0.25, 0.3) is 0 Å². The molecule has 0 heterocycles. The summed E-state index contributed by atoms with van der Waals surface area (Å²) in [5.74, 6) is 0.285. The van der Waals surface area contributed by atoms with Crippen molar-refractivity contribution in [2.75, 3.05) is 6.54 Å². The van der Waals surface area contributed by atoms with Gasteiger partial charge >= 0.3 is 0 Å². The van der Waals surface area contributed by atoms with Gasteiger partial charge in [0.15, 0.2) is 0 Å². The predicted molar refractivity (Wildman–Crippen MR) is 75.5 cm³/mol. The van der Waals surface area contributed by atoms with Crippen molar-refractivity contribution >= 4 is 18.5 Å². The number of hydrogen-bond donors (Lipinski definition) is 2. The standard InChI is InChI=1S/C14H21NOS/c1-10(2)13(17)14(16)15-8-7-12-6-4-5-11(3)9-12/h4-6,9-10,13,17H,7-8H2,1-3H3,(H,15,16). The number of benzene rings is 1. The van der Waals surface area contributed by atoms with E-state index in [1.54, 1.807) is 0 Å². The Morgan fingerprint density at radius 3 is 2.71 bits per heavy atom. The van der Waals surface area contributed by atoms with E-state index in [1.165, 1.54) is 11.1 Å². The average Bonchev–Trinajstić information content (AvgIpc) is 2.27. The van der Waals surface area contributed by atoms with E-state index in [9.17, 15) is 4.79 Å². The molecule has 0 fully saturated rings. The highest BCUT2D eigenvalue weighted by molar-refractivity contribution is 7.81. The maximum Gasteiger partial charge on any atom is 0.233 e. The number of amides is 1. The van der Waals surface area contributed by atoms with Crippen molar-refractivity contribution in [3.63, 3.8) is 0 Å². The van der Waals surface area contributed by atoms with Gasteiger partial charge in [-0.2, -0.15) is 12.6 Å². The molecule has 1 N–H and O–H groups in total. The number of carbonyl (C=O) groups excluding carboxylic acids is 1. The summed E-state index contributed by atoms with van der Waals surface area (Å²) in [4.78, 5) is 11.7. The Hall–Kier alpha value is -0.960. The van der Waals surface area contributed by atoms with Crippen molar-refractivity contribution in [3.05, 3.63) is 35.4 Å². The van der Waals surface area contributed by atoms with Crippen LogP contribution in [0.25, 0.3) is 0 Å². The lowest BCUT2D eigenvalue weighted by molar-refractivity contribution is -0.121. The summed E-state index contributed by atoms with van der Waals surface area (Å²) in [6, 6.07) is 8.35. The molecule has 0 aromatic heterocycles. The highest BCUT2D eigenvalue weighted by atomic mass is 32.1. The predicted octanol–water partition coefficient (Wildman–Crippen LogP) is 2.61. The number of rotatable bonds is 5. The molecule has 2 nitrogen and oxygen atoms in total. The van der Waals surface area contributed by atoms with E-state index in [-0.39, 0.29) is 17.1 Å². The highest BCUT2D eigenvalue weighted by Gasteiger charge is 2.16. The first kappa shape index (κ1) is 14.1. The molecule has 17 heavy (non-hydrogen) atoms. The maximum absolute atomic E-state index is 11.7. The second kappa shape index (κ2) is 6.70. The minimum atomic E-state index is -0.215. The first-order chi connectivity index (χ1) is 8.00. The number of hydrogen-bond acceptors (Lipinski definition) is 2. The van der Waals surface area contributed by atoms with Crippen molar-refractivity contribution in [1.29, 1.82) is 0 Å². The SMILES string of the molecule is Cc1cccc(CCNC(=O)C(S)C(C)C)c1. The molecule has 1 amide bonds. The van der Waals surface area contributed by atoms with Crippen LogP contribution < -0.4 is 5.32 Å². The molecule has 1 aromatic rings. The Bertz CT molecular complexity index is 376. The molecular weight excluding hydrogens is 230 g/mol. The zero-order chi connectivity index (χ0) is 12.8. The van der Waals surface area contributed by atoms with Crippen molar-refractivity contribution in [3.8, 4) is 0 Å².